The average molecular weight is 385 g/mol. The van der Waals surface area contributed by atoms with Crippen LogP contribution in [0.25, 0.3) is 0 Å². The van der Waals surface area contributed by atoms with Crippen LogP contribution in [0.5, 0.6) is 0 Å². The molecule has 0 unspecified atom stereocenters. The number of allylic oxidation sites excluding steroid dienone is 2. The van der Waals surface area contributed by atoms with Crippen LogP contribution in [0.1, 0.15) is 19.3 Å². The molecular formula is C15H16INO3. The number of carbonyl (C=O) groups excluding carboxylic acids is 2. The second-order valence-electron chi connectivity index (χ2n) is 4.69. The van der Waals surface area contributed by atoms with Crippen LogP contribution >= 0.6 is 22.6 Å². The molecule has 1 aliphatic carbocycles. The molecule has 4 nitrogen and oxygen atoms in total. The summed E-state index contributed by atoms with van der Waals surface area (Å²) in [6.07, 6.45) is 6.47. The van der Waals surface area contributed by atoms with Crippen LogP contribution in [0, 0.1) is 9.49 Å². The lowest BCUT2D eigenvalue weighted by atomic mass is 10.1. The van der Waals surface area contributed by atoms with Gasteiger partial charge in [-0.05, 0) is 65.6 Å². The highest BCUT2D eigenvalue weighted by Crippen LogP contribution is 2.20. The minimum atomic E-state index is -0.320. The number of amides is 1. The highest BCUT2D eigenvalue weighted by atomic mass is 127. The largest absolute Gasteiger partial charge is 0.456 e. The Morgan fingerprint density at radius 2 is 2.05 bits per heavy atom. The molecule has 0 aliphatic heterocycles. The first kappa shape index (κ1) is 15.0. The van der Waals surface area contributed by atoms with Crippen LogP contribution in [-0.2, 0) is 14.3 Å². The third kappa shape index (κ3) is 4.96. The van der Waals surface area contributed by atoms with E-state index in [1.807, 2.05) is 30.3 Å². The van der Waals surface area contributed by atoms with E-state index in [1.54, 1.807) is 0 Å². The molecule has 0 saturated heterocycles. The van der Waals surface area contributed by atoms with Gasteiger partial charge in [0.15, 0.2) is 6.61 Å². The Morgan fingerprint density at radius 1 is 1.30 bits per heavy atom. The Hall–Kier alpha value is -1.37. The van der Waals surface area contributed by atoms with Crippen LogP contribution in [0.15, 0.2) is 36.4 Å². The van der Waals surface area contributed by atoms with E-state index in [4.69, 9.17) is 4.74 Å². The molecule has 20 heavy (non-hydrogen) atoms. The van der Waals surface area contributed by atoms with Crippen LogP contribution in [0.2, 0.25) is 0 Å². The number of halogens is 1. The van der Waals surface area contributed by atoms with Crippen molar-refractivity contribution in [1.82, 2.24) is 0 Å². The summed E-state index contributed by atoms with van der Waals surface area (Å²) in [5.74, 6) is -0.373. The lowest BCUT2D eigenvalue weighted by Crippen LogP contribution is -2.21. The Morgan fingerprint density at radius 3 is 2.70 bits per heavy atom. The van der Waals surface area contributed by atoms with Crippen molar-refractivity contribution in [3.8, 4) is 0 Å². The van der Waals surface area contributed by atoms with Crippen LogP contribution in [0.4, 0.5) is 5.69 Å². The molecule has 1 N–H and O–H groups in total. The molecule has 5 heteroatoms. The van der Waals surface area contributed by atoms with Crippen LogP contribution in [0.3, 0.4) is 0 Å². The minimum Gasteiger partial charge on any atom is -0.456 e. The summed E-state index contributed by atoms with van der Waals surface area (Å²) in [6.45, 7) is -0.235. The molecule has 0 spiro atoms. The first-order chi connectivity index (χ1) is 9.63. The maximum atomic E-state index is 11.6. The predicted molar refractivity (Wildman–Crippen MR) is 85.2 cm³/mol. The number of hydrogen-bond donors (Lipinski definition) is 1. The molecule has 1 atom stereocenters. The average Bonchev–Trinajstić information content (AvgIpc) is 2.92. The van der Waals surface area contributed by atoms with Crippen molar-refractivity contribution < 1.29 is 14.3 Å². The summed E-state index contributed by atoms with van der Waals surface area (Å²) in [7, 11) is 0. The molecule has 0 aromatic heterocycles. The van der Waals surface area contributed by atoms with Crippen LogP contribution in [-0.4, -0.2) is 18.5 Å². The highest BCUT2D eigenvalue weighted by molar-refractivity contribution is 14.1. The predicted octanol–water partition coefficient (Wildman–Crippen LogP) is 3.13. The van der Waals surface area contributed by atoms with E-state index in [0.29, 0.717) is 12.1 Å². The highest BCUT2D eigenvalue weighted by Gasteiger charge is 2.15. The number of benzene rings is 1. The number of esters is 1. The molecule has 106 valence electrons. The van der Waals surface area contributed by atoms with E-state index >= 15 is 0 Å². The molecule has 1 amide bonds. The molecule has 2 rings (SSSR count). The van der Waals surface area contributed by atoms with Gasteiger partial charge in [0.2, 0.25) is 0 Å². The summed E-state index contributed by atoms with van der Waals surface area (Å²) < 4.78 is 6.07. The Kier molecular flexibility index (Phi) is 5.58. The number of carbonyl (C=O) groups is 2. The molecule has 0 fully saturated rings. The Labute approximate surface area is 131 Å². The van der Waals surface area contributed by atoms with Crippen molar-refractivity contribution in [2.24, 2.45) is 5.92 Å². The van der Waals surface area contributed by atoms with Gasteiger partial charge in [0.25, 0.3) is 5.91 Å². The monoisotopic (exact) mass is 385 g/mol. The third-order valence-electron chi connectivity index (χ3n) is 3.03. The SMILES string of the molecule is O=C(COC(=O)C[C@H]1C=CCC1)Nc1ccc(I)cc1. The van der Waals surface area contributed by atoms with Gasteiger partial charge >= 0.3 is 5.97 Å². The molecule has 1 aromatic carbocycles. The first-order valence-electron chi connectivity index (χ1n) is 6.51. The van der Waals surface area contributed by atoms with Gasteiger partial charge in [-0.2, -0.15) is 0 Å². The maximum Gasteiger partial charge on any atom is 0.306 e. The fourth-order valence-electron chi connectivity index (χ4n) is 2.01. The van der Waals surface area contributed by atoms with Gasteiger partial charge in [0, 0.05) is 9.26 Å². The molecule has 1 aromatic rings. The van der Waals surface area contributed by atoms with E-state index in [2.05, 4.69) is 34.0 Å². The van der Waals surface area contributed by atoms with Crippen molar-refractivity contribution in [2.45, 2.75) is 19.3 Å². The van der Waals surface area contributed by atoms with Gasteiger partial charge in [0.05, 0.1) is 6.42 Å². The summed E-state index contributed by atoms with van der Waals surface area (Å²) in [5.41, 5.74) is 0.699. The number of rotatable bonds is 5. The number of ether oxygens (including phenoxy) is 1. The van der Waals surface area contributed by atoms with Crippen molar-refractivity contribution in [3.05, 3.63) is 40.0 Å². The fourth-order valence-corrected chi connectivity index (χ4v) is 2.37. The summed E-state index contributed by atoms with van der Waals surface area (Å²) >= 11 is 2.19. The normalized spacial score (nSPS) is 16.9. The van der Waals surface area contributed by atoms with Gasteiger partial charge in [-0.3, -0.25) is 9.59 Å². The van der Waals surface area contributed by atoms with E-state index in [-0.39, 0.29) is 24.4 Å². The van der Waals surface area contributed by atoms with Gasteiger partial charge in [-0.1, -0.05) is 12.2 Å². The zero-order valence-electron chi connectivity index (χ0n) is 11.0. The number of hydrogen-bond acceptors (Lipinski definition) is 3. The lowest BCUT2D eigenvalue weighted by molar-refractivity contribution is -0.147. The minimum absolute atomic E-state index is 0.235. The standard InChI is InChI=1S/C15H16INO3/c16-12-5-7-13(8-6-12)17-14(18)10-20-15(19)9-11-3-1-2-4-11/h1,3,5-8,11H,2,4,9-10H2,(H,17,18)/t11-/m0/s1. The molecule has 0 saturated carbocycles. The zero-order chi connectivity index (χ0) is 14.4. The maximum absolute atomic E-state index is 11.6. The summed E-state index contributed by atoms with van der Waals surface area (Å²) in [6, 6.07) is 7.42. The van der Waals surface area contributed by atoms with Gasteiger partial charge in [-0.15, -0.1) is 0 Å². The second-order valence-corrected chi connectivity index (χ2v) is 5.93. The molecule has 0 radical (unpaired) electrons. The number of nitrogens with one attached hydrogen (secondary N) is 1. The molecule has 0 heterocycles. The van der Waals surface area contributed by atoms with Gasteiger partial charge in [0.1, 0.15) is 0 Å². The topological polar surface area (TPSA) is 55.4 Å². The number of anilines is 1. The second kappa shape index (κ2) is 7.42. The lowest BCUT2D eigenvalue weighted by Gasteiger charge is -2.08. The van der Waals surface area contributed by atoms with Crippen molar-refractivity contribution >= 4 is 40.2 Å². The van der Waals surface area contributed by atoms with Gasteiger partial charge in [-0.25, -0.2) is 0 Å². The quantitative estimate of drug-likeness (QED) is 0.482. The smallest absolute Gasteiger partial charge is 0.306 e. The van der Waals surface area contributed by atoms with E-state index < -0.39 is 0 Å². The van der Waals surface area contributed by atoms with Gasteiger partial charge < -0.3 is 10.1 Å². The Balaban J connectivity index is 1.70. The fraction of sp³-hybridized carbons (Fsp3) is 0.333. The van der Waals surface area contributed by atoms with Crippen molar-refractivity contribution in [3.63, 3.8) is 0 Å². The zero-order valence-corrected chi connectivity index (χ0v) is 13.1. The third-order valence-corrected chi connectivity index (χ3v) is 3.75. The molecule has 1 aliphatic rings. The molecule has 0 bridgehead atoms. The molecular weight excluding hydrogens is 369 g/mol. The van der Waals surface area contributed by atoms with Crippen molar-refractivity contribution in [2.75, 3.05) is 11.9 Å². The van der Waals surface area contributed by atoms with E-state index in [9.17, 15) is 9.59 Å². The first-order valence-corrected chi connectivity index (χ1v) is 7.59. The Bertz CT molecular complexity index is 510. The van der Waals surface area contributed by atoms with Crippen LogP contribution < -0.4 is 5.32 Å². The van der Waals surface area contributed by atoms with E-state index in [1.165, 1.54) is 0 Å². The van der Waals surface area contributed by atoms with E-state index in [0.717, 1.165) is 16.4 Å². The van der Waals surface area contributed by atoms with Crippen molar-refractivity contribution in [1.29, 1.82) is 0 Å². The summed E-state index contributed by atoms with van der Waals surface area (Å²) in [5, 5.41) is 2.68. The summed E-state index contributed by atoms with van der Waals surface area (Å²) in [4.78, 5) is 23.2.